The van der Waals surface area contributed by atoms with Gasteiger partial charge >= 0.3 is 159 Å². The quantitative estimate of drug-likeness (QED) is 0.420. The molecule has 0 atom stereocenters. The summed E-state index contributed by atoms with van der Waals surface area (Å²) in [6.07, 6.45) is 12.4. The van der Waals surface area contributed by atoms with Crippen LogP contribution < -0.4 is 3.71 Å². The van der Waals surface area contributed by atoms with E-state index in [1.165, 1.54) is 72.4 Å². The molecule has 0 saturated carbocycles. The first-order chi connectivity index (χ1) is 11.7. The topological polar surface area (TPSA) is 17.8 Å². The van der Waals surface area contributed by atoms with Crippen molar-refractivity contribution in [1.29, 1.82) is 0 Å². The molecule has 24 heavy (non-hydrogen) atoms. The van der Waals surface area contributed by atoms with Gasteiger partial charge in [0, 0.05) is 0 Å². The van der Waals surface area contributed by atoms with Crippen molar-refractivity contribution in [3.8, 4) is 0 Å². The maximum absolute atomic E-state index is 4.99. The van der Waals surface area contributed by atoms with Crippen molar-refractivity contribution in [3.05, 3.63) is 24.3 Å². The van der Waals surface area contributed by atoms with Gasteiger partial charge in [0.05, 0.1) is 0 Å². The minimum absolute atomic E-state index is 0.614. The van der Waals surface area contributed by atoms with E-state index in [1.807, 2.05) is 0 Å². The van der Waals surface area contributed by atoms with Gasteiger partial charge in [-0.25, -0.2) is 0 Å². The van der Waals surface area contributed by atoms with Crippen LogP contribution in [0.5, 0.6) is 0 Å². The van der Waals surface area contributed by atoms with Crippen molar-refractivity contribution in [2.24, 2.45) is 7.05 Å². The number of aromatic nitrogens is 2. The van der Waals surface area contributed by atoms with Crippen LogP contribution in [-0.4, -0.2) is 30.9 Å². The molecule has 1 aromatic heterocycles. The number of hydrogen-bond acceptors (Lipinski definition) is 1. The van der Waals surface area contributed by atoms with Crippen LogP contribution in [0.4, 0.5) is 0 Å². The predicted octanol–water partition coefficient (Wildman–Crippen LogP) is 5.63. The molecule has 2 radical (unpaired) electrons. The molecule has 2 aromatic rings. The van der Waals surface area contributed by atoms with Gasteiger partial charge < -0.3 is 0 Å². The molecule has 132 valence electrons. The monoisotopic (exact) mass is 434 g/mol. The van der Waals surface area contributed by atoms with Crippen molar-refractivity contribution in [2.75, 3.05) is 0 Å². The van der Waals surface area contributed by atoms with Crippen molar-refractivity contribution >= 4 is 35.8 Å². The molecule has 3 heteroatoms. The Balaban J connectivity index is 2.32. The Morgan fingerprint density at radius 1 is 0.917 bits per heavy atom. The summed E-state index contributed by atoms with van der Waals surface area (Å²) in [5.41, 5.74) is 1.31. The average Bonchev–Trinajstić information content (AvgIpc) is 2.92. The van der Waals surface area contributed by atoms with Crippen LogP contribution >= 0.6 is 0 Å². The van der Waals surface area contributed by atoms with E-state index in [4.69, 9.17) is 5.10 Å². The zero-order valence-corrected chi connectivity index (χ0v) is 18.9. The third kappa shape index (κ3) is 5.00. The van der Waals surface area contributed by atoms with E-state index >= 15 is 0 Å². The number of para-hydroxylation sites is 1. The van der Waals surface area contributed by atoms with Crippen LogP contribution in [0.2, 0.25) is 3.43 Å². The fourth-order valence-electron chi connectivity index (χ4n) is 3.67. The van der Waals surface area contributed by atoms with Gasteiger partial charge in [-0.05, 0) is 0 Å². The second-order valence-corrected chi connectivity index (χ2v) is 12.3. The normalized spacial score (nSPS) is 12.2. The Morgan fingerprint density at radius 3 is 2.00 bits per heavy atom. The second kappa shape index (κ2) is 9.84. The van der Waals surface area contributed by atoms with Gasteiger partial charge in [0.2, 0.25) is 0 Å². The van der Waals surface area contributed by atoms with Gasteiger partial charge in [-0.3, -0.25) is 0 Å². The summed E-state index contributed by atoms with van der Waals surface area (Å²) in [4.78, 5) is 0. The van der Waals surface area contributed by atoms with Crippen LogP contribution in [0.15, 0.2) is 24.3 Å². The number of nitrogens with zero attached hydrogens (tertiary/aromatic N) is 2. The molecule has 1 heterocycles. The molecule has 0 saturated heterocycles. The summed E-state index contributed by atoms with van der Waals surface area (Å²) in [5, 5.41) is 6.42. The van der Waals surface area contributed by atoms with Gasteiger partial charge in [-0.2, -0.15) is 0 Å². The van der Waals surface area contributed by atoms with E-state index < -0.39 is 21.1 Å². The fraction of sp³-hybridized carbons (Fsp3) is 0.667. The van der Waals surface area contributed by atoms with E-state index in [9.17, 15) is 0 Å². The molecular weight excluding hydrogens is 399 g/mol. The number of fused-ring (bicyclic) bond motifs is 1. The summed E-state index contributed by atoms with van der Waals surface area (Å²) in [6.45, 7) is 7.02. The van der Waals surface area contributed by atoms with Crippen molar-refractivity contribution in [2.45, 2.75) is 82.0 Å². The average molecular weight is 433 g/mol. The summed E-state index contributed by atoms with van der Waals surface area (Å²) >= 11 is -0.744. The van der Waals surface area contributed by atoms with Crippen LogP contribution in [0, 0.1) is 0 Å². The summed E-state index contributed by atoms with van der Waals surface area (Å²) < 4.78 is 4.21. The maximum atomic E-state index is 4.99. The molecule has 2 nitrogen and oxygen atoms in total. The van der Waals surface area contributed by atoms with Crippen molar-refractivity contribution < 1.29 is 0 Å². The standard InChI is InChI=1S/C13H27.C8H7N2.Sn/c1-4-7-10-13(11-8-5-2)12-9-6-3;1-10-8-5-3-2-4-7(8)6-9-10;/h4-12H2,1-3H3;2-5H,1H3;. The third-order valence-electron chi connectivity index (χ3n) is 5.17. The first kappa shape index (κ1) is 19.8. The van der Waals surface area contributed by atoms with Crippen molar-refractivity contribution in [1.82, 2.24) is 9.78 Å². The van der Waals surface area contributed by atoms with E-state index in [0.29, 0.717) is 3.43 Å². The van der Waals surface area contributed by atoms with E-state index in [2.05, 4.69) is 56.8 Å². The van der Waals surface area contributed by atoms with Gasteiger partial charge in [0.25, 0.3) is 0 Å². The Hall–Kier alpha value is -0.511. The number of aryl methyl sites for hydroxylation is 1. The van der Waals surface area contributed by atoms with Gasteiger partial charge in [-0.15, -0.1) is 0 Å². The number of rotatable bonds is 11. The number of hydrogen-bond donors (Lipinski definition) is 0. The van der Waals surface area contributed by atoms with E-state index in [-0.39, 0.29) is 0 Å². The molecule has 0 amide bonds. The molecule has 0 bridgehead atoms. The molecule has 2 rings (SSSR count). The Kier molecular flexibility index (Phi) is 8.12. The SMILES string of the molecule is CCCC[C](CCCC)(CCCC)[Sn][c]1nn(C)c2ccccc12. The Labute approximate surface area is 158 Å². The van der Waals surface area contributed by atoms with Crippen LogP contribution in [-0.2, 0) is 7.05 Å². The van der Waals surface area contributed by atoms with Gasteiger partial charge in [0.15, 0.2) is 0 Å². The summed E-state index contributed by atoms with van der Waals surface area (Å²) in [5.74, 6) is 0. The molecular formula is C21H34N2Sn. The molecule has 0 N–H and O–H groups in total. The third-order valence-corrected chi connectivity index (χ3v) is 10.6. The number of unbranched alkanes of at least 4 members (excludes halogenated alkanes) is 3. The Morgan fingerprint density at radius 2 is 1.46 bits per heavy atom. The summed E-state index contributed by atoms with van der Waals surface area (Å²) in [7, 11) is 2.11. The fourth-order valence-corrected chi connectivity index (χ4v) is 9.24. The van der Waals surface area contributed by atoms with E-state index in [0.717, 1.165) is 0 Å². The molecule has 0 aliphatic heterocycles. The van der Waals surface area contributed by atoms with Crippen LogP contribution in [0.1, 0.15) is 78.6 Å². The molecule has 0 fully saturated rings. The summed E-state index contributed by atoms with van der Waals surface area (Å²) in [6, 6.07) is 8.83. The minimum atomic E-state index is -0.744. The van der Waals surface area contributed by atoms with Crippen LogP contribution in [0.25, 0.3) is 10.9 Å². The molecule has 1 aromatic carbocycles. The first-order valence-electron chi connectivity index (χ1n) is 9.85. The molecule has 0 spiro atoms. The van der Waals surface area contributed by atoms with Gasteiger partial charge in [-0.1, -0.05) is 0 Å². The molecule has 0 unspecified atom stereocenters. The molecule has 0 aliphatic rings. The van der Waals surface area contributed by atoms with Crippen molar-refractivity contribution in [3.63, 3.8) is 0 Å². The number of benzene rings is 1. The second-order valence-electron chi connectivity index (χ2n) is 7.21. The van der Waals surface area contributed by atoms with Gasteiger partial charge in [0.1, 0.15) is 0 Å². The Bertz CT molecular complexity index is 596. The zero-order valence-electron chi connectivity index (χ0n) is 16.1. The van der Waals surface area contributed by atoms with Crippen LogP contribution in [0.3, 0.4) is 0 Å². The first-order valence-corrected chi connectivity index (χ1v) is 12.7. The zero-order chi connectivity index (χ0) is 17.4. The van der Waals surface area contributed by atoms with E-state index in [1.54, 1.807) is 0 Å². The molecule has 0 aliphatic carbocycles. The predicted molar refractivity (Wildman–Crippen MR) is 107 cm³/mol.